The molecule has 0 spiro atoms. The van der Waals surface area contributed by atoms with E-state index in [9.17, 15) is 4.79 Å². The molecule has 1 aromatic carbocycles. The quantitative estimate of drug-likeness (QED) is 0.794. The zero-order chi connectivity index (χ0) is 13.5. The van der Waals surface area contributed by atoms with Gasteiger partial charge in [0.05, 0.1) is 0 Å². The number of carbonyl (C=O) groups is 1. The van der Waals surface area contributed by atoms with Crippen molar-refractivity contribution in [2.75, 3.05) is 12.3 Å². The Kier molecular flexibility index (Phi) is 8.89. The maximum absolute atomic E-state index is 11.5. The second kappa shape index (κ2) is 9.23. The van der Waals surface area contributed by atoms with Crippen LogP contribution in [-0.4, -0.2) is 24.2 Å². The molecular weight excluding hydrogens is 280 g/mol. The van der Waals surface area contributed by atoms with E-state index in [1.54, 1.807) is 11.8 Å². The van der Waals surface area contributed by atoms with E-state index in [1.807, 2.05) is 6.92 Å². The molecule has 108 valence electrons. The lowest BCUT2D eigenvalue weighted by atomic mass is 10.1. The Bertz CT molecular complexity index is 412. The maximum atomic E-state index is 11.5. The Morgan fingerprint density at radius 2 is 2.05 bits per heavy atom. The highest BCUT2D eigenvalue weighted by atomic mass is 35.5. The van der Waals surface area contributed by atoms with E-state index in [4.69, 9.17) is 5.73 Å². The van der Waals surface area contributed by atoms with E-state index in [0.29, 0.717) is 13.0 Å². The molecule has 19 heavy (non-hydrogen) atoms. The zero-order valence-electron chi connectivity index (χ0n) is 11.7. The van der Waals surface area contributed by atoms with Crippen LogP contribution in [0.2, 0.25) is 0 Å². The average Bonchev–Trinajstić information content (AvgIpc) is 2.33. The van der Waals surface area contributed by atoms with Gasteiger partial charge in [-0.3, -0.25) is 4.79 Å². The van der Waals surface area contributed by atoms with Crippen LogP contribution in [0.3, 0.4) is 0 Å². The van der Waals surface area contributed by atoms with Gasteiger partial charge >= 0.3 is 0 Å². The Hall–Kier alpha value is -0.710. The van der Waals surface area contributed by atoms with E-state index in [2.05, 4.69) is 37.4 Å². The van der Waals surface area contributed by atoms with Gasteiger partial charge in [-0.05, 0) is 44.0 Å². The van der Waals surface area contributed by atoms with E-state index < -0.39 is 0 Å². The SMILES string of the molecule is Cc1ccc(SCCC(=O)N[C@@H](C)CN)cc1C.Cl. The number of benzene rings is 1. The summed E-state index contributed by atoms with van der Waals surface area (Å²) in [5.74, 6) is 0.871. The van der Waals surface area contributed by atoms with Crippen molar-refractivity contribution < 1.29 is 4.79 Å². The van der Waals surface area contributed by atoms with Gasteiger partial charge < -0.3 is 11.1 Å². The van der Waals surface area contributed by atoms with Gasteiger partial charge in [0.2, 0.25) is 5.91 Å². The van der Waals surface area contributed by atoms with Crippen LogP contribution in [0.1, 0.15) is 24.5 Å². The highest BCUT2D eigenvalue weighted by Gasteiger charge is 2.05. The van der Waals surface area contributed by atoms with Crippen LogP contribution in [0.4, 0.5) is 0 Å². The number of halogens is 1. The lowest BCUT2D eigenvalue weighted by Gasteiger charge is -2.11. The van der Waals surface area contributed by atoms with E-state index in [0.717, 1.165) is 5.75 Å². The van der Waals surface area contributed by atoms with Gasteiger partial charge in [-0.1, -0.05) is 6.07 Å². The molecule has 3 N–H and O–H groups in total. The maximum Gasteiger partial charge on any atom is 0.221 e. The Labute approximate surface area is 126 Å². The van der Waals surface area contributed by atoms with Crippen molar-refractivity contribution in [3.63, 3.8) is 0 Å². The number of hydrogen-bond acceptors (Lipinski definition) is 3. The summed E-state index contributed by atoms with van der Waals surface area (Å²) in [6.45, 7) is 6.60. The molecule has 0 saturated carbocycles. The minimum atomic E-state index is 0. The first kappa shape index (κ1) is 18.3. The molecule has 0 radical (unpaired) electrons. The highest BCUT2D eigenvalue weighted by molar-refractivity contribution is 7.99. The molecule has 1 amide bonds. The minimum Gasteiger partial charge on any atom is -0.352 e. The topological polar surface area (TPSA) is 55.1 Å². The van der Waals surface area contributed by atoms with Crippen molar-refractivity contribution >= 4 is 30.1 Å². The largest absolute Gasteiger partial charge is 0.352 e. The lowest BCUT2D eigenvalue weighted by molar-refractivity contribution is -0.121. The number of carbonyl (C=O) groups excluding carboxylic acids is 1. The predicted molar refractivity (Wildman–Crippen MR) is 85.2 cm³/mol. The predicted octanol–water partition coefficient (Wildman–Crippen LogP) is 2.67. The molecule has 0 fully saturated rings. The standard InChI is InChI=1S/C14H22N2OS.ClH/c1-10-4-5-13(8-11(10)2)18-7-6-14(17)16-12(3)9-15;/h4-5,8,12H,6-7,9,15H2,1-3H3,(H,16,17);1H/t12-;/m0./s1. The molecular formula is C14H23ClN2OS. The summed E-state index contributed by atoms with van der Waals surface area (Å²) >= 11 is 1.71. The molecule has 1 atom stereocenters. The van der Waals surface area contributed by atoms with E-state index >= 15 is 0 Å². The third kappa shape index (κ3) is 6.85. The third-order valence-corrected chi connectivity index (χ3v) is 3.83. The highest BCUT2D eigenvalue weighted by Crippen LogP contribution is 2.21. The summed E-state index contributed by atoms with van der Waals surface area (Å²) in [6.07, 6.45) is 0.530. The van der Waals surface area contributed by atoms with Gasteiger partial charge in [-0.15, -0.1) is 24.2 Å². The molecule has 1 rings (SSSR count). The van der Waals surface area contributed by atoms with E-state index in [-0.39, 0.29) is 24.4 Å². The van der Waals surface area contributed by atoms with E-state index in [1.165, 1.54) is 16.0 Å². The van der Waals surface area contributed by atoms with Crippen molar-refractivity contribution in [2.24, 2.45) is 5.73 Å². The van der Waals surface area contributed by atoms with Gasteiger partial charge in [0.25, 0.3) is 0 Å². The van der Waals surface area contributed by atoms with Crippen LogP contribution < -0.4 is 11.1 Å². The normalized spacial score (nSPS) is 11.6. The number of amides is 1. The number of hydrogen-bond donors (Lipinski definition) is 2. The number of rotatable bonds is 6. The number of nitrogens with two attached hydrogens (primary N) is 1. The first-order valence-corrected chi connectivity index (χ1v) is 7.21. The van der Waals surface area contributed by atoms with Crippen LogP contribution in [-0.2, 0) is 4.79 Å². The minimum absolute atomic E-state index is 0. The molecule has 0 aromatic heterocycles. The fraction of sp³-hybridized carbons (Fsp3) is 0.500. The fourth-order valence-electron chi connectivity index (χ4n) is 1.47. The fourth-order valence-corrected chi connectivity index (χ4v) is 2.42. The second-order valence-electron chi connectivity index (χ2n) is 4.55. The van der Waals surface area contributed by atoms with Crippen molar-refractivity contribution in [2.45, 2.75) is 38.1 Å². The monoisotopic (exact) mass is 302 g/mol. The first-order chi connectivity index (χ1) is 8.52. The molecule has 0 bridgehead atoms. The van der Waals surface area contributed by atoms with Crippen molar-refractivity contribution in [1.29, 1.82) is 0 Å². The molecule has 0 heterocycles. The van der Waals surface area contributed by atoms with Crippen LogP contribution in [0.15, 0.2) is 23.1 Å². The molecule has 1 aromatic rings. The smallest absolute Gasteiger partial charge is 0.221 e. The molecule has 0 aliphatic rings. The van der Waals surface area contributed by atoms with Gasteiger partial charge in [-0.25, -0.2) is 0 Å². The Morgan fingerprint density at radius 1 is 1.37 bits per heavy atom. The summed E-state index contributed by atoms with van der Waals surface area (Å²) in [4.78, 5) is 12.8. The number of nitrogens with one attached hydrogen (secondary N) is 1. The van der Waals surface area contributed by atoms with Crippen LogP contribution in [0, 0.1) is 13.8 Å². The first-order valence-electron chi connectivity index (χ1n) is 6.22. The average molecular weight is 303 g/mol. The van der Waals surface area contributed by atoms with Gasteiger partial charge in [0, 0.05) is 29.7 Å². The zero-order valence-corrected chi connectivity index (χ0v) is 13.4. The third-order valence-electron chi connectivity index (χ3n) is 2.84. The second-order valence-corrected chi connectivity index (χ2v) is 5.72. The summed E-state index contributed by atoms with van der Waals surface area (Å²) < 4.78 is 0. The molecule has 0 aliphatic carbocycles. The molecule has 0 aliphatic heterocycles. The van der Waals surface area contributed by atoms with Crippen molar-refractivity contribution in [1.82, 2.24) is 5.32 Å². The van der Waals surface area contributed by atoms with Crippen LogP contribution in [0.25, 0.3) is 0 Å². The number of aryl methyl sites for hydroxylation is 2. The van der Waals surface area contributed by atoms with Gasteiger partial charge in [0.15, 0.2) is 0 Å². The lowest BCUT2D eigenvalue weighted by Crippen LogP contribution is -2.37. The summed E-state index contributed by atoms with van der Waals surface area (Å²) in [6, 6.07) is 6.45. The Balaban J connectivity index is 0.00000324. The van der Waals surface area contributed by atoms with Gasteiger partial charge in [0.1, 0.15) is 0 Å². The Morgan fingerprint density at radius 3 is 2.63 bits per heavy atom. The summed E-state index contributed by atoms with van der Waals surface area (Å²) in [5.41, 5.74) is 8.04. The summed E-state index contributed by atoms with van der Waals surface area (Å²) in [7, 11) is 0. The molecule has 5 heteroatoms. The van der Waals surface area contributed by atoms with Gasteiger partial charge in [-0.2, -0.15) is 0 Å². The van der Waals surface area contributed by atoms with Crippen LogP contribution in [0.5, 0.6) is 0 Å². The summed E-state index contributed by atoms with van der Waals surface area (Å²) in [5, 5.41) is 2.86. The van der Waals surface area contributed by atoms with Crippen molar-refractivity contribution in [3.05, 3.63) is 29.3 Å². The molecule has 0 saturated heterocycles. The van der Waals surface area contributed by atoms with Crippen molar-refractivity contribution in [3.8, 4) is 0 Å². The number of thioether (sulfide) groups is 1. The van der Waals surface area contributed by atoms with Crippen LogP contribution >= 0.6 is 24.2 Å². The molecule has 3 nitrogen and oxygen atoms in total. The molecule has 0 unspecified atom stereocenters.